The van der Waals surface area contributed by atoms with Crippen LogP contribution in [0.1, 0.15) is 32.5 Å². The maximum atomic E-state index is 12.0. The number of hydrogen-bond donors (Lipinski definition) is 0. The summed E-state index contributed by atoms with van der Waals surface area (Å²) >= 11 is 0. The van der Waals surface area contributed by atoms with Crippen molar-refractivity contribution in [3.05, 3.63) is 36.0 Å². The van der Waals surface area contributed by atoms with Gasteiger partial charge in [-0.2, -0.15) is 4.98 Å². The number of rotatable bonds is 5. The first kappa shape index (κ1) is 17.4. The lowest BCUT2D eigenvalue weighted by molar-refractivity contribution is 0.242. The highest BCUT2D eigenvalue weighted by molar-refractivity contribution is 7.89. The van der Waals surface area contributed by atoms with E-state index in [1.54, 1.807) is 12.1 Å². The van der Waals surface area contributed by atoms with Crippen LogP contribution < -0.4 is 4.74 Å². The molecule has 0 saturated carbocycles. The lowest BCUT2D eigenvalue weighted by atomic mass is 9.96. The van der Waals surface area contributed by atoms with Gasteiger partial charge < -0.3 is 9.26 Å². The third kappa shape index (κ3) is 4.08. The molecule has 0 aliphatic rings. The topological polar surface area (TPSA) is 85.5 Å². The lowest BCUT2D eigenvalue weighted by Gasteiger charge is -2.11. The van der Waals surface area contributed by atoms with Crippen LogP contribution in [0, 0.1) is 0 Å². The summed E-state index contributed by atoms with van der Waals surface area (Å²) in [4.78, 5) is 4.48. The van der Waals surface area contributed by atoms with Gasteiger partial charge in [-0.25, -0.2) is 12.7 Å². The highest BCUT2D eigenvalue weighted by atomic mass is 32.2. The van der Waals surface area contributed by atoms with E-state index >= 15 is 0 Å². The minimum atomic E-state index is -3.44. The molecule has 0 fully saturated rings. The van der Waals surface area contributed by atoms with Crippen molar-refractivity contribution >= 4 is 10.0 Å². The summed E-state index contributed by atoms with van der Waals surface area (Å²) < 4.78 is 35.8. The molecule has 0 unspecified atom stereocenters. The van der Waals surface area contributed by atoms with Crippen molar-refractivity contribution in [2.75, 3.05) is 14.1 Å². The van der Waals surface area contributed by atoms with Gasteiger partial charge in [0.25, 0.3) is 5.89 Å². The van der Waals surface area contributed by atoms with Crippen molar-refractivity contribution < 1.29 is 17.7 Å². The number of nitrogens with zero attached hydrogens (tertiary/aromatic N) is 3. The second kappa shape index (κ2) is 6.29. The highest BCUT2D eigenvalue weighted by Crippen LogP contribution is 2.21. The Hall–Kier alpha value is -1.93. The molecule has 0 aliphatic heterocycles. The van der Waals surface area contributed by atoms with Crippen LogP contribution in [-0.2, 0) is 22.0 Å². The molecule has 1 aromatic carbocycles. The molecule has 2 rings (SSSR count). The van der Waals surface area contributed by atoms with Gasteiger partial charge in [0.05, 0.1) is 4.90 Å². The molecule has 0 atom stereocenters. The average molecular weight is 339 g/mol. The molecule has 0 spiro atoms. The molecule has 8 heteroatoms. The molecule has 0 aliphatic carbocycles. The molecule has 1 aromatic heterocycles. The summed E-state index contributed by atoms with van der Waals surface area (Å²) in [6, 6.07) is 6.19. The molecule has 0 saturated heterocycles. The molecule has 126 valence electrons. The molecule has 7 nitrogen and oxygen atoms in total. The molecule has 0 N–H and O–H groups in total. The SMILES string of the molecule is CN(C)S(=O)(=O)c1ccc(OCc2nc(C(C)(C)C)no2)cc1. The third-order valence-corrected chi connectivity index (χ3v) is 4.93. The molecule has 0 bridgehead atoms. The third-order valence-electron chi connectivity index (χ3n) is 3.10. The zero-order valence-electron chi connectivity index (χ0n) is 13.9. The maximum Gasteiger partial charge on any atom is 0.264 e. The van der Waals surface area contributed by atoms with E-state index in [-0.39, 0.29) is 16.9 Å². The fourth-order valence-corrected chi connectivity index (χ4v) is 2.58. The highest BCUT2D eigenvalue weighted by Gasteiger charge is 2.21. The molecular formula is C15H21N3O4S. The van der Waals surface area contributed by atoms with Crippen molar-refractivity contribution in [1.29, 1.82) is 0 Å². The smallest absolute Gasteiger partial charge is 0.264 e. The summed E-state index contributed by atoms with van der Waals surface area (Å²) in [6.07, 6.45) is 0. The number of sulfonamides is 1. The van der Waals surface area contributed by atoms with E-state index in [0.29, 0.717) is 17.5 Å². The zero-order valence-corrected chi connectivity index (χ0v) is 14.7. The van der Waals surface area contributed by atoms with Crippen LogP contribution in [0.4, 0.5) is 0 Å². The first-order chi connectivity index (χ1) is 10.6. The number of benzene rings is 1. The van der Waals surface area contributed by atoms with Crippen molar-refractivity contribution in [3.8, 4) is 5.75 Å². The van der Waals surface area contributed by atoms with Crippen LogP contribution in [0.15, 0.2) is 33.7 Å². The van der Waals surface area contributed by atoms with Crippen LogP contribution in [0.25, 0.3) is 0 Å². The van der Waals surface area contributed by atoms with Gasteiger partial charge >= 0.3 is 0 Å². The molecule has 0 radical (unpaired) electrons. The molecule has 0 amide bonds. The number of hydrogen-bond acceptors (Lipinski definition) is 6. The van der Waals surface area contributed by atoms with Gasteiger partial charge in [0.2, 0.25) is 10.0 Å². The Kier molecular flexibility index (Phi) is 4.76. The van der Waals surface area contributed by atoms with E-state index in [2.05, 4.69) is 10.1 Å². The Morgan fingerprint density at radius 2 is 1.78 bits per heavy atom. The van der Waals surface area contributed by atoms with Crippen molar-refractivity contribution in [2.24, 2.45) is 0 Å². The number of ether oxygens (including phenoxy) is 1. The maximum absolute atomic E-state index is 12.0. The van der Waals surface area contributed by atoms with Gasteiger partial charge in [-0.3, -0.25) is 0 Å². The Labute approximate surface area is 136 Å². The van der Waals surface area contributed by atoms with Gasteiger partial charge in [0.1, 0.15) is 5.75 Å². The summed E-state index contributed by atoms with van der Waals surface area (Å²) in [6.45, 7) is 6.11. The molecule has 2 aromatic rings. The molecule has 23 heavy (non-hydrogen) atoms. The summed E-state index contributed by atoms with van der Waals surface area (Å²) in [5.74, 6) is 1.52. The van der Waals surface area contributed by atoms with E-state index in [1.165, 1.54) is 26.2 Å². The van der Waals surface area contributed by atoms with E-state index in [4.69, 9.17) is 9.26 Å². The predicted molar refractivity (Wildman–Crippen MR) is 84.6 cm³/mol. The normalized spacial score (nSPS) is 12.6. The van der Waals surface area contributed by atoms with Crippen molar-refractivity contribution in [1.82, 2.24) is 14.4 Å². The first-order valence-corrected chi connectivity index (χ1v) is 8.53. The van der Waals surface area contributed by atoms with Crippen molar-refractivity contribution in [3.63, 3.8) is 0 Å². The van der Waals surface area contributed by atoms with Gasteiger partial charge in [-0.1, -0.05) is 25.9 Å². The summed E-state index contributed by atoms with van der Waals surface area (Å²) in [5.41, 5.74) is -0.191. The van der Waals surface area contributed by atoms with Crippen LogP contribution in [0.5, 0.6) is 5.75 Å². The molecule has 1 heterocycles. The summed E-state index contributed by atoms with van der Waals surface area (Å²) in [7, 11) is -0.460. The van der Waals surface area contributed by atoms with E-state index < -0.39 is 10.0 Å². The Morgan fingerprint density at radius 1 is 1.17 bits per heavy atom. The molecular weight excluding hydrogens is 318 g/mol. The lowest BCUT2D eigenvalue weighted by Crippen LogP contribution is -2.22. The van der Waals surface area contributed by atoms with Gasteiger partial charge in [-0.05, 0) is 24.3 Å². The number of aromatic nitrogens is 2. The fourth-order valence-electron chi connectivity index (χ4n) is 1.68. The van der Waals surface area contributed by atoms with E-state index in [9.17, 15) is 8.42 Å². The van der Waals surface area contributed by atoms with E-state index in [0.717, 1.165) is 4.31 Å². The van der Waals surface area contributed by atoms with Gasteiger partial charge in [0.15, 0.2) is 12.4 Å². The minimum Gasteiger partial charge on any atom is -0.484 e. The summed E-state index contributed by atoms with van der Waals surface area (Å²) in [5, 5.41) is 3.91. The second-order valence-corrected chi connectivity index (χ2v) is 8.46. The van der Waals surface area contributed by atoms with Crippen LogP contribution >= 0.6 is 0 Å². The minimum absolute atomic E-state index is 0.128. The monoisotopic (exact) mass is 339 g/mol. The largest absolute Gasteiger partial charge is 0.484 e. The van der Waals surface area contributed by atoms with Gasteiger partial charge in [0, 0.05) is 19.5 Å². The predicted octanol–water partition coefficient (Wildman–Crippen LogP) is 2.20. The Balaban J connectivity index is 2.04. The first-order valence-electron chi connectivity index (χ1n) is 7.09. The van der Waals surface area contributed by atoms with Gasteiger partial charge in [-0.15, -0.1) is 0 Å². The average Bonchev–Trinajstić information content (AvgIpc) is 2.94. The Bertz CT molecular complexity index is 759. The Morgan fingerprint density at radius 3 is 2.26 bits per heavy atom. The quantitative estimate of drug-likeness (QED) is 0.830. The van der Waals surface area contributed by atoms with Crippen LogP contribution in [0.3, 0.4) is 0 Å². The zero-order chi connectivity index (χ0) is 17.3. The van der Waals surface area contributed by atoms with Crippen LogP contribution in [-0.4, -0.2) is 37.0 Å². The van der Waals surface area contributed by atoms with E-state index in [1.807, 2.05) is 20.8 Å². The van der Waals surface area contributed by atoms with Crippen LogP contribution in [0.2, 0.25) is 0 Å². The standard InChI is InChI=1S/C15H21N3O4S/c1-15(2,3)14-16-13(22-17-14)10-21-11-6-8-12(9-7-11)23(19,20)18(4)5/h6-9H,10H2,1-5H3. The fraction of sp³-hybridized carbons (Fsp3) is 0.467. The second-order valence-electron chi connectivity index (χ2n) is 6.31. The van der Waals surface area contributed by atoms with Crippen molar-refractivity contribution in [2.45, 2.75) is 37.7 Å².